The van der Waals surface area contributed by atoms with Gasteiger partial charge in [0.05, 0.1) is 0 Å². The molecule has 4 aliphatic heterocycles. The van der Waals surface area contributed by atoms with E-state index in [0.717, 1.165) is 19.3 Å². The molecule has 1 spiro atoms. The first-order valence-corrected chi connectivity index (χ1v) is 8.82. The Morgan fingerprint density at radius 2 is 1.91 bits per heavy atom. The molecule has 0 amide bonds. The summed E-state index contributed by atoms with van der Waals surface area (Å²) in [6.07, 6.45) is 3.66. The number of hydrogen-bond acceptors (Lipinski definition) is 5. The van der Waals surface area contributed by atoms with Crippen molar-refractivity contribution in [3.05, 3.63) is 0 Å². The van der Waals surface area contributed by atoms with Crippen molar-refractivity contribution in [2.24, 2.45) is 23.7 Å². The van der Waals surface area contributed by atoms with Gasteiger partial charge in [-0.1, -0.05) is 13.8 Å². The van der Waals surface area contributed by atoms with Gasteiger partial charge in [-0.15, -0.1) is 0 Å². The number of hydrogen-bond donors (Lipinski definition) is 0. The Kier molecular flexibility index (Phi) is 3.59. The molecule has 0 radical (unpaired) electrons. The van der Waals surface area contributed by atoms with Gasteiger partial charge in [-0.05, 0) is 44.9 Å². The predicted molar refractivity (Wildman–Crippen MR) is 78.5 cm³/mol. The van der Waals surface area contributed by atoms with Crippen molar-refractivity contribution in [2.45, 2.75) is 77.3 Å². The van der Waals surface area contributed by atoms with Gasteiger partial charge < -0.3 is 14.2 Å². The fourth-order valence-electron chi connectivity index (χ4n) is 5.23. The summed E-state index contributed by atoms with van der Waals surface area (Å²) in [5, 5.41) is 0. The quantitative estimate of drug-likeness (QED) is 0.733. The van der Waals surface area contributed by atoms with E-state index in [1.165, 1.54) is 6.42 Å². The summed E-state index contributed by atoms with van der Waals surface area (Å²) in [5.41, 5.74) is -0.472. The van der Waals surface area contributed by atoms with Crippen LogP contribution >= 0.6 is 0 Å². The van der Waals surface area contributed by atoms with Gasteiger partial charge in [0, 0.05) is 24.9 Å². The van der Waals surface area contributed by atoms with E-state index in [0.29, 0.717) is 24.4 Å². The van der Waals surface area contributed by atoms with Gasteiger partial charge in [0.25, 0.3) is 0 Å². The fourth-order valence-corrected chi connectivity index (χ4v) is 5.23. The molecule has 1 saturated carbocycles. The van der Waals surface area contributed by atoms with Crippen molar-refractivity contribution in [3.63, 3.8) is 0 Å². The first kappa shape index (κ1) is 15.3. The van der Waals surface area contributed by atoms with Crippen LogP contribution in [0.1, 0.15) is 53.4 Å². The summed E-state index contributed by atoms with van der Waals surface area (Å²) in [5.74, 6) is 0.957. The van der Waals surface area contributed by atoms with E-state index in [1.807, 2.05) is 13.8 Å². The molecule has 2 unspecified atom stereocenters. The Labute approximate surface area is 132 Å². The highest BCUT2D eigenvalue weighted by Gasteiger charge is 2.69. The molecule has 22 heavy (non-hydrogen) atoms. The highest BCUT2D eigenvalue weighted by atomic mass is 17.3. The molecule has 4 heterocycles. The van der Waals surface area contributed by atoms with E-state index in [9.17, 15) is 0 Å². The Balaban J connectivity index is 1.75. The maximum atomic E-state index is 6.25. The molecule has 8 atom stereocenters. The van der Waals surface area contributed by atoms with Crippen LogP contribution < -0.4 is 0 Å². The Morgan fingerprint density at radius 1 is 1.09 bits per heavy atom. The van der Waals surface area contributed by atoms with Crippen molar-refractivity contribution in [1.82, 2.24) is 0 Å². The minimum atomic E-state index is -0.700. The number of fused-ring (bicyclic) bond motifs is 2. The van der Waals surface area contributed by atoms with Crippen molar-refractivity contribution >= 4 is 0 Å². The molecule has 4 saturated heterocycles. The molecule has 5 rings (SSSR count). The zero-order valence-electron chi connectivity index (χ0n) is 14.0. The van der Waals surface area contributed by atoms with Crippen LogP contribution in [0.15, 0.2) is 0 Å². The molecule has 0 aromatic heterocycles. The van der Waals surface area contributed by atoms with Crippen LogP contribution in [0.2, 0.25) is 0 Å². The van der Waals surface area contributed by atoms with Gasteiger partial charge >= 0.3 is 0 Å². The Morgan fingerprint density at radius 3 is 2.68 bits per heavy atom. The molecule has 5 heteroatoms. The molecule has 5 fully saturated rings. The lowest BCUT2D eigenvalue weighted by molar-refractivity contribution is -0.577. The van der Waals surface area contributed by atoms with Crippen molar-refractivity contribution in [3.8, 4) is 0 Å². The zero-order chi connectivity index (χ0) is 15.5. The molecular formula is C17H28O5. The molecule has 0 aromatic carbocycles. The van der Waals surface area contributed by atoms with Crippen LogP contribution in [0.5, 0.6) is 0 Å². The summed E-state index contributed by atoms with van der Waals surface area (Å²) in [6.45, 7) is 9.15. The molecule has 0 N–H and O–H groups in total. The monoisotopic (exact) mass is 312 g/mol. The average molecular weight is 312 g/mol. The van der Waals surface area contributed by atoms with E-state index in [1.54, 1.807) is 0 Å². The SMILES string of the molecule is CCOC1O[C@@H]2OC3(C)CC[C@H]4[C@H](C)CC[C@@H]([C@H]1C)[C@@]24OO3. The molecule has 0 aromatic rings. The summed E-state index contributed by atoms with van der Waals surface area (Å²) in [6, 6.07) is 0. The summed E-state index contributed by atoms with van der Waals surface area (Å²) >= 11 is 0. The van der Waals surface area contributed by atoms with Gasteiger partial charge in [-0.25, -0.2) is 9.78 Å². The maximum Gasteiger partial charge on any atom is 0.201 e. The van der Waals surface area contributed by atoms with Gasteiger partial charge in [0.2, 0.25) is 5.79 Å². The molecular weight excluding hydrogens is 284 g/mol. The lowest BCUT2D eigenvalue weighted by Gasteiger charge is -2.60. The van der Waals surface area contributed by atoms with E-state index in [4.69, 9.17) is 24.0 Å². The third-order valence-corrected chi connectivity index (χ3v) is 6.43. The average Bonchev–Trinajstić information content (AvgIpc) is 2.71. The maximum absolute atomic E-state index is 6.25. The zero-order valence-corrected chi connectivity index (χ0v) is 14.0. The Bertz CT molecular complexity index is 443. The molecule has 2 bridgehead atoms. The van der Waals surface area contributed by atoms with Crippen LogP contribution in [-0.4, -0.2) is 30.6 Å². The van der Waals surface area contributed by atoms with Crippen LogP contribution in [0.4, 0.5) is 0 Å². The van der Waals surface area contributed by atoms with E-state index < -0.39 is 11.4 Å². The van der Waals surface area contributed by atoms with Gasteiger partial charge in [0.1, 0.15) is 0 Å². The smallest absolute Gasteiger partial charge is 0.201 e. The van der Waals surface area contributed by atoms with Crippen LogP contribution in [0.25, 0.3) is 0 Å². The highest BCUT2D eigenvalue weighted by Crippen LogP contribution is 2.60. The van der Waals surface area contributed by atoms with Gasteiger partial charge in [0.15, 0.2) is 18.2 Å². The largest absolute Gasteiger partial charge is 0.353 e. The standard InChI is InChI=1S/C17H28O5/c1-5-18-14-11(3)13-7-6-10(2)12-8-9-16(4)20-15(19-14)17(12,13)22-21-16/h10-15H,5-9H2,1-4H3/t10-,11-,12+,13+,14?,15-,16?,17-/m1/s1. The summed E-state index contributed by atoms with van der Waals surface area (Å²) in [4.78, 5) is 11.9. The lowest BCUT2D eigenvalue weighted by Crippen LogP contribution is -2.70. The van der Waals surface area contributed by atoms with E-state index in [-0.39, 0.29) is 18.5 Å². The van der Waals surface area contributed by atoms with Crippen LogP contribution in [-0.2, 0) is 24.0 Å². The first-order chi connectivity index (χ1) is 10.5. The molecule has 126 valence electrons. The van der Waals surface area contributed by atoms with Crippen molar-refractivity contribution in [1.29, 1.82) is 0 Å². The second-order valence-corrected chi connectivity index (χ2v) is 7.73. The highest BCUT2D eigenvalue weighted by molar-refractivity contribution is 5.09. The second kappa shape index (κ2) is 5.15. The van der Waals surface area contributed by atoms with E-state index >= 15 is 0 Å². The number of rotatable bonds is 2. The first-order valence-electron chi connectivity index (χ1n) is 8.82. The molecule has 1 aliphatic carbocycles. The van der Waals surface area contributed by atoms with Crippen molar-refractivity contribution in [2.75, 3.05) is 6.61 Å². The molecule has 5 nitrogen and oxygen atoms in total. The second-order valence-electron chi connectivity index (χ2n) is 7.73. The lowest BCUT2D eigenvalue weighted by atomic mass is 9.58. The molecule has 5 aliphatic rings. The number of ether oxygens (including phenoxy) is 3. The van der Waals surface area contributed by atoms with Gasteiger partial charge in [-0.2, -0.15) is 0 Å². The Hall–Kier alpha value is -0.200. The summed E-state index contributed by atoms with van der Waals surface area (Å²) in [7, 11) is 0. The third-order valence-electron chi connectivity index (χ3n) is 6.43. The van der Waals surface area contributed by atoms with E-state index in [2.05, 4.69) is 13.8 Å². The third kappa shape index (κ3) is 1.96. The van der Waals surface area contributed by atoms with Crippen LogP contribution in [0.3, 0.4) is 0 Å². The normalized spacial score (nSPS) is 57.3. The minimum Gasteiger partial charge on any atom is -0.353 e. The fraction of sp³-hybridized carbons (Fsp3) is 1.00. The van der Waals surface area contributed by atoms with Crippen LogP contribution in [0, 0.1) is 23.7 Å². The summed E-state index contributed by atoms with van der Waals surface area (Å²) < 4.78 is 18.3. The topological polar surface area (TPSA) is 46.2 Å². The van der Waals surface area contributed by atoms with Gasteiger partial charge in [-0.3, -0.25) is 0 Å². The predicted octanol–water partition coefficient (Wildman–Crippen LogP) is 3.23. The minimum absolute atomic E-state index is 0.216. The van der Waals surface area contributed by atoms with Crippen molar-refractivity contribution < 1.29 is 24.0 Å².